The van der Waals surface area contributed by atoms with Crippen molar-refractivity contribution in [1.82, 2.24) is 9.80 Å². The Morgan fingerprint density at radius 3 is 2.73 bits per heavy atom. The summed E-state index contributed by atoms with van der Waals surface area (Å²) in [6.07, 6.45) is 1.16. The normalized spacial score (nSPS) is 26.7. The van der Waals surface area contributed by atoms with E-state index in [0.717, 1.165) is 26.1 Å². The molecule has 1 atom stereocenters. The summed E-state index contributed by atoms with van der Waals surface area (Å²) in [5.41, 5.74) is 0. The van der Waals surface area contributed by atoms with Gasteiger partial charge in [0.1, 0.15) is 0 Å². The van der Waals surface area contributed by atoms with E-state index in [2.05, 4.69) is 23.9 Å². The number of likely N-dealkylation sites (tertiary alicyclic amines) is 1. The lowest BCUT2D eigenvalue weighted by Gasteiger charge is -2.17. The molecule has 0 aromatic rings. The van der Waals surface area contributed by atoms with Crippen LogP contribution in [-0.4, -0.2) is 55.5 Å². The van der Waals surface area contributed by atoms with Gasteiger partial charge < -0.3 is 9.80 Å². The van der Waals surface area contributed by atoms with Gasteiger partial charge >= 0.3 is 0 Å². The third-order valence-corrected chi connectivity index (χ3v) is 2.43. The molecule has 0 N–H and O–H groups in total. The molecule has 2 nitrogen and oxygen atoms in total. The Labute approximate surface area is 74.1 Å². The van der Waals surface area contributed by atoms with Crippen molar-refractivity contribution in [3.63, 3.8) is 0 Å². The molecule has 1 aliphatic rings. The average molecular weight is 177 g/mol. The first kappa shape index (κ1) is 9.30. The highest BCUT2D eigenvalue weighted by Gasteiger charge is 2.19. The smallest absolute Gasteiger partial charge is 0.0475 e. The van der Waals surface area contributed by atoms with Gasteiger partial charge in [-0.05, 0) is 27.1 Å². The summed E-state index contributed by atoms with van der Waals surface area (Å²) in [7, 11) is 4.21. The zero-order valence-electron chi connectivity index (χ0n) is 7.39. The summed E-state index contributed by atoms with van der Waals surface area (Å²) < 4.78 is 0. The molecule has 11 heavy (non-hydrogen) atoms. The highest BCUT2D eigenvalue weighted by Crippen LogP contribution is 2.13. The van der Waals surface area contributed by atoms with Crippen molar-refractivity contribution >= 4 is 11.6 Å². The zero-order chi connectivity index (χ0) is 8.27. The molecule has 0 bridgehead atoms. The van der Waals surface area contributed by atoms with Crippen molar-refractivity contribution in [2.45, 2.75) is 11.8 Å². The quantitative estimate of drug-likeness (QED) is 0.589. The molecule has 1 fully saturated rings. The number of rotatable bonds is 3. The van der Waals surface area contributed by atoms with Gasteiger partial charge in [0.25, 0.3) is 0 Å². The summed E-state index contributed by atoms with van der Waals surface area (Å²) in [4.78, 5) is 4.64. The second kappa shape index (κ2) is 4.29. The Hall–Kier alpha value is 0.210. The number of alkyl halides is 1. The van der Waals surface area contributed by atoms with Gasteiger partial charge in [0.05, 0.1) is 0 Å². The topological polar surface area (TPSA) is 6.48 Å². The van der Waals surface area contributed by atoms with Crippen LogP contribution in [0.25, 0.3) is 0 Å². The molecule has 1 heterocycles. The van der Waals surface area contributed by atoms with Crippen LogP contribution in [0.2, 0.25) is 0 Å². The predicted octanol–water partition coefficient (Wildman–Crippen LogP) is 0.861. The summed E-state index contributed by atoms with van der Waals surface area (Å²) in [5, 5.41) is 0.400. The molecule has 1 saturated heterocycles. The van der Waals surface area contributed by atoms with E-state index in [9.17, 15) is 0 Å². The third kappa shape index (κ3) is 3.41. The Morgan fingerprint density at radius 1 is 1.55 bits per heavy atom. The van der Waals surface area contributed by atoms with Crippen LogP contribution < -0.4 is 0 Å². The molecule has 0 aromatic carbocycles. The maximum atomic E-state index is 5.97. The first-order valence-electron chi connectivity index (χ1n) is 4.19. The van der Waals surface area contributed by atoms with Crippen LogP contribution in [0.1, 0.15) is 6.42 Å². The van der Waals surface area contributed by atoms with Crippen LogP contribution in [0, 0.1) is 0 Å². The molecular weight excluding hydrogens is 160 g/mol. The minimum atomic E-state index is 0.400. The van der Waals surface area contributed by atoms with Crippen molar-refractivity contribution in [1.29, 1.82) is 0 Å². The van der Waals surface area contributed by atoms with E-state index in [0.29, 0.717) is 5.38 Å². The van der Waals surface area contributed by atoms with Gasteiger partial charge in [-0.15, -0.1) is 11.6 Å². The van der Waals surface area contributed by atoms with Crippen LogP contribution in [0.15, 0.2) is 0 Å². The number of halogens is 1. The van der Waals surface area contributed by atoms with Crippen molar-refractivity contribution < 1.29 is 0 Å². The summed E-state index contributed by atoms with van der Waals surface area (Å²) in [6, 6.07) is 0. The first-order chi connectivity index (χ1) is 5.18. The SMILES string of the molecule is CN(C)CCN1CCC(Cl)C1. The van der Waals surface area contributed by atoms with Gasteiger partial charge in [0.2, 0.25) is 0 Å². The Morgan fingerprint density at radius 2 is 2.27 bits per heavy atom. The average Bonchev–Trinajstić information content (AvgIpc) is 2.31. The number of likely N-dealkylation sites (N-methyl/N-ethyl adjacent to an activating group) is 1. The maximum absolute atomic E-state index is 5.97. The fourth-order valence-corrected chi connectivity index (χ4v) is 1.62. The Balaban J connectivity index is 2.08. The lowest BCUT2D eigenvalue weighted by atomic mass is 10.4. The van der Waals surface area contributed by atoms with E-state index >= 15 is 0 Å². The monoisotopic (exact) mass is 176 g/mol. The van der Waals surface area contributed by atoms with Crippen LogP contribution >= 0.6 is 11.6 Å². The molecule has 0 saturated carbocycles. The molecule has 0 aliphatic carbocycles. The van der Waals surface area contributed by atoms with Crippen LogP contribution in [0.4, 0.5) is 0 Å². The minimum Gasteiger partial charge on any atom is -0.308 e. The first-order valence-corrected chi connectivity index (χ1v) is 4.63. The predicted molar refractivity (Wildman–Crippen MR) is 49.3 cm³/mol. The Kier molecular flexibility index (Phi) is 3.63. The highest BCUT2D eigenvalue weighted by atomic mass is 35.5. The molecule has 0 aromatic heterocycles. The molecule has 0 radical (unpaired) electrons. The fraction of sp³-hybridized carbons (Fsp3) is 1.00. The van der Waals surface area contributed by atoms with E-state index in [4.69, 9.17) is 11.6 Å². The Bertz CT molecular complexity index is 117. The van der Waals surface area contributed by atoms with Gasteiger partial charge in [-0.2, -0.15) is 0 Å². The van der Waals surface area contributed by atoms with Gasteiger partial charge in [-0.3, -0.25) is 0 Å². The molecule has 1 rings (SSSR count). The highest BCUT2D eigenvalue weighted by molar-refractivity contribution is 6.20. The van der Waals surface area contributed by atoms with Crippen molar-refractivity contribution in [2.75, 3.05) is 40.3 Å². The van der Waals surface area contributed by atoms with Gasteiger partial charge in [-0.25, -0.2) is 0 Å². The zero-order valence-corrected chi connectivity index (χ0v) is 8.14. The van der Waals surface area contributed by atoms with Crippen LogP contribution in [0.3, 0.4) is 0 Å². The van der Waals surface area contributed by atoms with Crippen molar-refractivity contribution in [3.8, 4) is 0 Å². The number of nitrogens with zero attached hydrogens (tertiary/aromatic N) is 2. The third-order valence-electron chi connectivity index (χ3n) is 2.08. The van der Waals surface area contributed by atoms with Crippen molar-refractivity contribution in [2.24, 2.45) is 0 Å². The number of hydrogen-bond acceptors (Lipinski definition) is 2. The summed E-state index contributed by atoms with van der Waals surface area (Å²) in [6.45, 7) is 4.57. The number of hydrogen-bond donors (Lipinski definition) is 0. The van der Waals surface area contributed by atoms with E-state index in [1.54, 1.807) is 0 Å². The molecule has 0 amide bonds. The van der Waals surface area contributed by atoms with Gasteiger partial charge in [-0.1, -0.05) is 0 Å². The molecule has 66 valence electrons. The summed E-state index contributed by atoms with van der Waals surface area (Å²) >= 11 is 5.97. The standard InChI is InChI=1S/C8H17ClN2/c1-10(2)5-6-11-4-3-8(9)7-11/h8H,3-7H2,1-2H3. The van der Waals surface area contributed by atoms with Gasteiger partial charge in [0.15, 0.2) is 0 Å². The second-order valence-corrected chi connectivity index (χ2v) is 4.11. The molecular formula is C8H17ClN2. The fourth-order valence-electron chi connectivity index (χ4n) is 1.33. The second-order valence-electron chi connectivity index (χ2n) is 3.49. The van der Waals surface area contributed by atoms with Crippen LogP contribution in [-0.2, 0) is 0 Å². The van der Waals surface area contributed by atoms with E-state index in [1.807, 2.05) is 0 Å². The molecule has 3 heteroatoms. The lowest BCUT2D eigenvalue weighted by molar-refractivity contribution is 0.284. The van der Waals surface area contributed by atoms with Crippen LogP contribution in [0.5, 0.6) is 0 Å². The minimum absolute atomic E-state index is 0.400. The lowest BCUT2D eigenvalue weighted by Crippen LogP contribution is -2.30. The van der Waals surface area contributed by atoms with Crippen molar-refractivity contribution in [3.05, 3.63) is 0 Å². The van der Waals surface area contributed by atoms with E-state index < -0.39 is 0 Å². The maximum Gasteiger partial charge on any atom is 0.0475 e. The molecule has 1 unspecified atom stereocenters. The van der Waals surface area contributed by atoms with Gasteiger partial charge in [0, 0.05) is 25.0 Å². The molecule has 0 spiro atoms. The largest absolute Gasteiger partial charge is 0.308 e. The van der Waals surface area contributed by atoms with E-state index in [1.165, 1.54) is 6.54 Å². The van der Waals surface area contributed by atoms with E-state index in [-0.39, 0.29) is 0 Å². The molecule has 1 aliphatic heterocycles. The summed E-state index contributed by atoms with van der Waals surface area (Å²) in [5.74, 6) is 0.